The Morgan fingerprint density at radius 2 is 1.91 bits per heavy atom. The Bertz CT molecular complexity index is 525. The molecule has 22 heavy (non-hydrogen) atoms. The summed E-state index contributed by atoms with van der Waals surface area (Å²) in [5.41, 5.74) is 0.421. The lowest BCUT2D eigenvalue weighted by atomic mass is 10.1. The maximum atomic E-state index is 11.9. The lowest BCUT2D eigenvalue weighted by molar-refractivity contribution is -0.386. The first kappa shape index (κ1) is 18.4. The van der Waals surface area contributed by atoms with E-state index in [-0.39, 0.29) is 11.7 Å². The number of rotatable bonds is 8. The van der Waals surface area contributed by atoms with Gasteiger partial charge in [-0.1, -0.05) is 44.2 Å². The number of nitro benzene ring substituents is 1. The summed E-state index contributed by atoms with van der Waals surface area (Å²) < 4.78 is 5.33. The molecule has 5 nitrogen and oxygen atoms in total. The van der Waals surface area contributed by atoms with Crippen LogP contribution in [0.5, 0.6) is 0 Å². The molecule has 0 N–H and O–H groups in total. The number of hydrogen-bond donors (Lipinski definition) is 0. The van der Waals surface area contributed by atoms with E-state index in [1.54, 1.807) is 25.1 Å². The van der Waals surface area contributed by atoms with E-state index in [9.17, 15) is 14.9 Å². The monoisotopic (exact) mass is 323 g/mol. The third-order valence-electron chi connectivity index (χ3n) is 3.44. The van der Waals surface area contributed by atoms with Crippen molar-refractivity contribution in [2.45, 2.75) is 58.0 Å². The highest BCUT2D eigenvalue weighted by atomic mass is 28.3. The Morgan fingerprint density at radius 1 is 1.27 bits per heavy atom. The quantitative estimate of drug-likeness (QED) is 0.228. The van der Waals surface area contributed by atoms with Crippen molar-refractivity contribution in [1.82, 2.24) is 0 Å². The normalized spacial score (nSPS) is 12.7. The Kier molecular flexibility index (Phi) is 6.74. The number of benzene rings is 1. The van der Waals surface area contributed by atoms with E-state index in [0.29, 0.717) is 12.0 Å². The molecule has 0 aliphatic heterocycles. The highest BCUT2D eigenvalue weighted by molar-refractivity contribution is 6.76. The summed E-state index contributed by atoms with van der Waals surface area (Å²) in [6.07, 6.45) is 1.61. The third kappa shape index (κ3) is 6.38. The minimum absolute atomic E-state index is 0.0125. The van der Waals surface area contributed by atoms with Gasteiger partial charge in [-0.25, -0.2) is 0 Å². The molecule has 0 aliphatic carbocycles. The highest BCUT2D eigenvalue weighted by Gasteiger charge is 2.21. The standard InChI is InChI=1S/C16H25NO4Si/c1-13(14-9-5-6-10-15(14)17(19)20)21-16(18)11-7-8-12-22(2,3)4/h5-6,9-10,13H,7-8,11-12H2,1-4H3. The lowest BCUT2D eigenvalue weighted by Gasteiger charge is -2.16. The van der Waals surface area contributed by atoms with Crippen LogP contribution in [0, 0.1) is 10.1 Å². The van der Waals surface area contributed by atoms with Crippen LogP contribution < -0.4 is 0 Å². The van der Waals surface area contributed by atoms with Gasteiger partial charge in [0.25, 0.3) is 5.69 Å². The van der Waals surface area contributed by atoms with E-state index < -0.39 is 19.1 Å². The van der Waals surface area contributed by atoms with Crippen molar-refractivity contribution in [3.8, 4) is 0 Å². The molecule has 0 heterocycles. The van der Waals surface area contributed by atoms with Crippen LogP contribution in [0.25, 0.3) is 0 Å². The largest absolute Gasteiger partial charge is 0.458 e. The second-order valence-electron chi connectivity index (χ2n) is 6.72. The molecule has 1 rings (SSSR count). The lowest BCUT2D eigenvalue weighted by Crippen LogP contribution is -2.18. The van der Waals surface area contributed by atoms with Crippen molar-refractivity contribution in [2.75, 3.05) is 0 Å². The first-order valence-electron chi connectivity index (χ1n) is 7.63. The molecule has 1 aromatic carbocycles. The second-order valence-corrected chi connectivity index (χ2v) is 12.3. The van der Waals surface area contributed by atoms with E-state index >= 15 is 0 Å². The van der Waals surface area contributed by atoms with E-state index in [4.69, 9.17) is 4.74 Å². The average Bonchev–Trinajstić information content (AvgIpc) is 2.42. The number of hydrogen-bond acceptors (Lipinski definition) is 4. The Labute approximate surface area is 132 Å². The van der Waals surface area contributed by atoms with Gasteiger partial charge in [0, 0.05) is 20.6 Å². The third-order valence-corrected chi connectivity index (χ3v) is 5.29. The van der Waals surface area contributed by atoms with Crippen molar-refractivity contribution in [2.24, 2.45) is 0 Å². The second kappa shape index (κ2) is 8.08. The zero-order valence-electron chi connectivity index (χ0n) is 13.8. The molecule has 0 spiro atoms. The number of carbonyl (C=O) groups excluding carboxylic acids is 1. The van der Waals surface area contributed by atoms with E-state index in [1.165, 1.54) is 12.1 Å². The number of nitro groups is 1. The van der Waals surface area contributed by atoms with Crippen molar-refractivity contribution in [1.29, 1.82) is 0 Å². The number of nitrogens with zero attached hydrogens (tertiary/aromatic N) is 1. The fraction of sp³-hybridized carbons (Fsp3) is 0.562. The molecule has 0 amide bonds. The van der Waals surface area contributed by atoms with Gasteiger partial charge in [-0.05, 0) is 19.4 Å². The van der Waals surface area contributed by atoms with Crippen LogP contribution in [0.3, 0.4) is 0 Å². The van der Waals surface area contributed by atoms with Crippen LogP contribution in [0.4, 0.5) is 5.69 Å². The van der Waals surface area contributed by atoms with Gasteiger partial charge in [-0.3, -0.25) is 14.9 Å². The number of carbonyl (C=O) groups is 1. The molecule has 0 radical (unpaired) electrons. The van der Waals surface area contributed by atoms with Crippen LogP contribution in [0.2, 0.25) is 25.7 Å². The number of unbranched alkanes of at least 4 members (excludes halogenated alkanes) is 1. The zero-order chi connectivity index (χ0) is 16.8. The summed E-state index contributed by atoms with van der Waals surface area (Å²) >= 11 is 0. The van der Waals surface area contributed by atoms with E-state index in [1.807, 2.05) is 0 Å². The topological polar surface area (TPSA) is 69.4 Å². The summed E-state index contributed by atoms with van der Waals surface area (Å²) in [7, 11) is -1.06. The first-order chi connectivity index (χ1) is 10.2. The summed E-state index contributed by atoms with van der Waals surface area (Å²) in [5.74, 6) is -0.291. The molecule has 0 fully saturated rings. The van der Waals surface area contributed by atoms with Crippen LogP contribution in [-0.4, -0.2) is 19.0 Å². The molecule has 1 aromatic rings. The van der Waals surface area contributed by atoms with Crippen LogP contribution >= 0.6 is 0 Å². The van der Waals surface area contributed by atoms with Crippen molar-refractivity contribution in [3.05, 3.63) is 39.9 Å². The number of para-hydroxylation sites is 1. The predicted molar refractivity (Wildman–Crippen MR) is 89.6 cm³/mol. The van der Waals surface area contributed by atoms with E-state index in [0.717, 1.165) is 12.8 Å². The molecule has 122 valence electrons. The molecule has 0 bridgehead atoms. The molecule has 1 atom stereocenters. The van der Waals surface area contributed by atoms with Gasteiger partial charge in [0.05, 0.1) is 10.5 Å². The zero-order valence-corrected chi connectivity index (χ0v) is 14.8. The molecule has 1 unspecified atom stereocenters. The summed E-state index contributed by atoms with van der Waals surface area (Å²) in [4.78, 5) is 22.4. The van der Waals surface area contributed by atoms with Crippen molar-refractivity contribution >= 4 is 19.7 Å². The smallest absolute Gasteiger partial charge is 0.306 e. The molecular formula is C16H25NO4Si. The van der Waals surface area contributed by atoms with Gasteiger partial charge in [0.1, 0.15) is 6.10 Å². The Morgan fingerprint density at radius 3 is 2.50 bits per heavy atom. The fourth-order valence-corrected chi connectivity index (χ4v) is 3.55. The van der Waals surface area contributed by atoms with Gasteiger partial charge in [-0.2, -0.15) is 0 Å². The molecule has 0 aliphatic rings. The minimum atomic E-state index is -1.06. The Hall–Kier alpha value is -1.69. The van der Waals surface area contributed by atoms with Gasteiger partial charge in [-0.15, -0.1) is 0 Å². The Balaban J connectivity index is 2.50. The van der Waals surface area contributed by atoms with Gasteiger partial charge in [0.2, 0.25) is 0 Å². The average molecular weight is 323 g/mol. The summed E-state index contributed by atoms with van der Waals surface area (Å²) in [6.45, 7) is 8.59. The van der Waals surface area contributed by atoms with E-state index in [2.05, 4.69) is 19.6 Å². The van der Waals surface area contributed by atoms with Crippen molar-refractivity contribution in [3.63, 3.8) is 0 Å². The maximum Gasteiger partial charge on any atom is 0.306 e. The fourth-order valence-electron chi connectivity index (χ4n) is 2.24. The first-order valence-corrected chi connectivity index (χ1v) is 11.3. The van der Waals surface area contributed by atoms with Gasteiger partial charge >= 0.3 is 5.97 Å². The maximum absolute atomic E-state index is 11.9. The SMILES string of the molecule is CC(OC(=O)CCCC[Si](C)(C)C)c1ccccc1[N+](=O)[O-]. The summed E-state index contributed by atoms with van der Waals surface area (Å²) in [5, 5.41) is 11.0. The minimum Gasteiger partial charge on any atom is -0.458 e. The molecule has 6 heteroatoms. The van der Waals surface area contributed by atoms with Crippen LogP contribution in [-0.2, 0) is 9.53 Å². The highest BCUT2D eigenvalue weighted by Crippen LogP contribution is 2.27. The van der Waals surface area contributed by atoms with Crippen LogP contribution in [0.1, 0.15) is 37.9 Å². The summed E-state index contributed by atoms with van der Waals surface area (Å²) in [6, 6.07) is 7.56. The number of ether oxygens (including phenoxy) is 1. The van der Waals surface area contributed by atoms with Gasteiger partial charge < -0.3 is 4.74 Å². The molecular weight excluding hydrogens is 298 g/mol. The molecule has 0 saturated carbocycles. The predicted octanol–water partition coefficient (Wildman–Crippen LogP) is 4.71. The van der Waals surface area contributed by atoms with Crippen molar-refractivity contribution < 1.29 is 14.5 Å². The number of esters is 1. The van der Waals surface area contributed by atoms with Gasteiger partial charge in [0.15, 0.2) is 0 Å². The molecule has 0 aromatic heterocycles. The van der Waals surface area contributed by atoms with Crippen LogP contribution in [0.15, 0.2) is 24.3 Å². The molecule has 0 saturated heterocycles.